The summed E-state index contributed by atoms with van der Waals surface area (Å²) < 4.78 is 44.4. The van der Waals surface area contributed by atoms with Gasteiger partial charge in [-0.25, -0.2) is 5.43 Å². The summed E-state index contributed by atoms with van der Waals surface area (Å²) in [5, 5.41) is 7.14. The minimum Gasteiger partial charge on any atom is -0.497 e. The summed E-state index contributed by atoms with van der Waals surface area (Å²) in [5.74, 6) is 0.664. The maximum Gasteiger partial charge on any atom is 0.416 e. The number of halogens is 5. The van der Waals surface area contributed by atoms with E-state index in [0.29, 0.717) is 16.7 Å². The van der Waals surface area contributed by atoms with E-state index in [1.807, 2.05) is 18.2 Å². The van der Waals surface area contributed by atoms with Gasteiger partial charge in [0, 0.05) is 23.0 Å². The largest absolute Gasteiger partial charge is 0.497 e. The highest BCUT2D eigenvalue weighted by Crippen LogP contribution is 2.35. The summed E-state index contributed by atoms with van der Waals surface area (Å²) >= 11 is 12.6. The third kappa shape index (κ3) is 6.70. The second-order valence-corrected chi connectivity index (χ2v) is 10.6. The van der Waals surface area contributed by atoms with Crippen molar-refractivity contribution in [2.24, 2.45) is 5.92 Å². The molecule has 0 aromatic heterocycles. The van der Waals surface area contributed by atoms with Crippen LogP contribution in [0.15, 0.2) is 36.4 Å². The Morgan fingerprint density at radius 1 is 1.05 bits per heavy atom. The van der Waals surface area contributed by atoms with E-state index in [9.17, 15) is 18.0 Å². The molecular formula is C26H31Cl2F3N4O2. The highest BCUT2D eigenvalue weighted by Gasteiger charge is 2.36. The SMILES string of the molecule is COc1ccc(C2C(C)NNC2NCC2CCC(NC(=O)c3cc(C(F)(F)F)ccc3Cl)CC2)c(Cl)c1. The summed E-state index contributed by atoms with van der Waals surface area (Å²) in [5.41, 5.74) is 6.60. The van der Waals surface area contributed by atoms with Gasteiger partial charge in [0.25, 0.3) is 5.91 Å². The van der Waals surface area contributed by atoms with E-state index in [-0.39, 0.29) is 34.8 Å². The number of hydrogen-bond donors (Lipinski definition) is 4. The number of methoxy groups -OCH3 is 1. The molecule has 0 radical (unpaired) electrons. The lowest BCUT2D eigenvalue weighted by molar-refractivity contribution is -0.137. The maximum absolute atomic E-state index is 13.0. The number of carbonyl (C=O) groups is 1. The number of rotatable bonds is 7. The molecule has 0 bridgehead atoms. The first-order valence-corrected chi connectivity index (χ1v) is 13.1. The summed E-state index contributed by atoms with van der Waals surface area (Å²) in [7, 11) is 1.61. The van der Waals surface area contributed by atoms with Crippen LogP contribution < -0.4 is 26.2 Å². The molecule has 2 fully saturated rings. The first-order chi connectivity index (χ1) is 17.6. The number of ether oxygens (including phenoxy) is 1. The van der Waals surface area contributed by atoms with Gasteiger partial charge < -0.3 is 15.4 Å². The molecule has 1 amide bonds. The van der Waals surface area contributed by atoms with Gasteiger partial charge in [-0.05, 0) is 81.0 Å². The normalized spacial score (nSPS) is 26.2. The Bertz CT molecular complexity index is 1110. The zero-order valence-corrected chi connectivity index (χ0v) is 22.1. The molecule has 202 valence electrons. The highest BCUT2D eigenvalue weighted by molar-refractivity contribution is 6.33. The van der Waals surface area contributed by atoms with E-state index < -0.39 is 17.6 Å². The second-order valence-electron chi connectivity index (χ2n) is 9.76. The zero-order valence-electron chi connectivity index (χ0n) is 20.6. The quantitative estimate of drug-likeness (QED) is 0.361. The number of alkyl halides is 3. The summed E-state index contributed by atoms with van der Waals surface area (Å²) in [6, 6.07) is 8.58. The van der Waals surface area contributed by atoms with Gasteiger partial charge in [0.2, 0.25) is 0 Å². The van der Waals surface area contributed by atoms with Crippen molar-refractivity contribution in [3.63, 3.8) is 0 Å². The molecule has 1 heterocycles. The standard InChI is InChI=1S/C26H31Cl2F3N4O2/c1-14-23(19-9-8-18(37-2)12-22(19)28)24(35-34-14)32-13-15-3-6-17(7-4-15)33-25(36)20-11-16(26(29,30)31)5-10-21(20)27/h5,8-12,14-15,17,23-24,32,34-35H,3-4,6-7,13H2,1-2H3,(H,33,36). The molecule has 3 unspecified atom stereocenters. The van der Waals surface area contributed by atoms with Crippen LogP contribution in [0.2, 0.25) is 10.0 Å². The lowest BCUT2D eigenvalue weighted by atomic mass is 9.85. The number of carbonyl (C=O) groups excluding carboxylic acids is 1. The smallest absolute Gasteiger partial charge is 0.416 e. The predicted molar refractivity (Wildman–Crippen MR) is 138 cm³/mol. The van der Waals surface area contributed by atoms with Crippen LogP contribution in [0.1, 0.15) is 60.0 Å². The molecule has 1 saturated carbocycles. The zero-order chi connectivity index (χ0) is 26.7. The first-order valence-electron chi connectivity index (χ1n) is 12.3. The molecule has 0 spiro atoms. The van der Waals surface area contributed by atoms with Gasteiger partial charge in [-0.3, -0.25) is 10.2 Å². The van der Waals surface area contributed by atoms with Crippen molar-refractivity contribution < 1.29 is 22.7 Å². The molecule has 37 heavy (non-hydrogen) atoms. The fourth-order valence-corrected chi connectivity index (χ4v) is 5.66. The van der Waals surface area contributed by atoms with E-state index in [4.69, 9.17) is 27.9 Å². The Hall–Kier alpha value is -2.04. The van der Waals surface area contributed by atoms with Crippen LogP contribution in [0.3, 0.4) is 0 Å². The second kappa shape index (κ2) is 11.8. The fraction of sp³-hybridized carbons (Fsp3) is 0.500. The number of amides is 1. The van der Waals surface area contributed by atoms with Crippen LogP contribution in [-0.2, 0) is 6.18 Å². The minimum atomic E-state index is -4.54. The molecule has 2 aromatic carbocycles. The molecule has 1 aliphatic carbocycles. The van der Waals surface area contributed by atoms with Crippen LogP contribution in [0.5, 0.6) is 5.75 Å². The Labute approximate surface area is 224 Å². The van der Waals surface area contributed by atoms with Crippen LogP contribution in [-0.4, -0.2) is 37.8 Å². The molecule has 2 aliphatic rings. The molecule has 1 saturated heterocycles. The third-order valence-electron chi connectivity index (χ3n) is 7.28. The van der Waals surface area contributed by atoms with E-state index >= 15 is 0 Å². The molecule has 4 N–H and O–H groups in total. The number of nitrogens with one attached hydrogen (secondary N) is 4. The average Bonchev–Trinajstić information content (AvgIpc) is 3.22. The molecular weight excluding hydrogens is 528 g/mol. The van der Waals surface area contributed by atoms with Crippen molar-refractivity contribution >= 4 is 29.1 Å². The van der Waals surface area contributed by atoms with Crippen LogP contribution in [0, 0.1) is 5.92 Å². The molecule has 3 atom stereocenters. The Kier molecular flexibility index (Phi) is 8.91. The Balaban J connectivity index is 1.29. The molecule has 2 aromatic rings. The number of benzene rings is 2. The van der Waals surface area contributed by atoms with E-state index in [1.165, 1.54) is 0 Å². The summed E-state index contributed by atoms with van der Waals surface area (Å²) in [6.07, 6.45) is -1.29. The highest BCUT2D eigenvalue weighted by atomic mass is 35.5. The van der Waals surface area contributed by atoms with Crippen LogP contribution in [0.4, 0.5) is 13.2 Å². The van der Waals surface area contributed by atoms with Gasteiger partial charge in [0.15, 0.2) is 0 Å². The maximum atomic E-state index is 13.0. The topological polar surface area (TPSA) is 74.4 Å². The molecule has 6 nitrogen and oxygen atoms in total. The number of hydrazine groups is 1. The monoisotopic (exact) mass is 558 g/mol. The average molecular weight is 559 g/mol. The predicted octanol–water partition coefficient (Wildman–Crippen LogP) is 5.51. The van der Waals surface area contributed by atoms with E-state index in [2.05, 4.69) is 28.4 Å². The van der Waals surface area contributed by atoms with Gasteiger partial charge in [0.05, 0.1) is 29.4 Å². The minimum absolute atomic E-state index is 0.00167. The van der Waals surface area contributed by atoms with Crippen LogP contribution >= 0.6 is 23.2 Å². The Morgan fingerprint density at radius 2 is 1.78 bits per heavy atom. The first kappa shape index (κ1) is 28.0. The molecule has 1 aliphatic heterocycles. The van der Waals surface area contributed by atoms with Gasteiger partial charge in [-0.1, -0.05) is 29.3 Å². The third-order valence-corrected chi connectivity index (χ3v) is 7.93. The van der Waals surface area contributed by atoms with Crippen molar-refractivity contribution in [2.45, 2.75) is 63.0 Å². The lowest BCUT2D eigenvalue weighted by Crippen LogP contribution is -2.46. The fourth-order valence-electron chi connectivity index (χ4n) is 5.16. The Morgan fingerprint density at radius 3 is 2.43 bits per heavy atom. The van der Waals surface area contributed by atoms with E-state index in [1.54, 1.807) is 7.11 Å². The van der Waals surface area contributed by atoms with Crippen molar-refractivity contribution in [2.75, 3.05) is 13.7 Å². The lowest BCUT2D eigenvalue weighted by Gasteiger charge is -2.31. The van der Waals surface area contributed by atoms with E-state index in [0.717, 1.165) is 56.0 Å². The van der Waals surface area contributed by atoms with Gasteiger partial charge in [-0.15, -0.1) is 0 Å². The van der Waals surface area contributed by atoms with Crippen molar-refractivity contribution in [1.29, 1.82) is 0 Å². The molecule has 11 heteroatoms. The number of hydrogen-bond acceptors (Lipinski definition) is 5. The van der Waals surface area contributed by atoms with Crippen LogP contribution in [0.25, 0.3) is 0 Å². The van der Waals surface area contributed by atoms with Crippen molar-refractivity contribution in [3.8, 4) is 5.75 Å². The molecule has 4 rings (SSSR count). The van der Waals surface area contributed by atoms with Crippen molar-refractivity contribution in [1.82, 2.24) is 21.5 Å². The summed E-state index contributed by atoms with van der Waals surface area (Å²) in [6.45, 7) is 2.89. The van der Waals surface area contributed by atoms with Crippen molar-refractivity contribution in [3.05, 3.63) is 63.1 Å². The van der Waals surface area contributed by atoms with Gasteiger partial charge in [-0.2, -0.15) is 13.2 Å². The van der Waals surface area contributed by atoms with Gasteiger partial charge in [0.1, 0.15) is 5.75 Å². The summed E-state index contributed by atoms with van der Waals surface area (Å²) in [4.78, 5) is 12.7. The van der Waals surface area contributed by atoms with Gasteiger partial charge >= 0.3 is 6.18 Å².